The molecule has 0 amide bonds. The first-order valence-electron chi connectivity index (χ1n) is 19.8. The first-order valence-corrected chi connectivity index (χ1v) is 19.8. The van der Waals surface area contributed by atoms with Gasteiger partial charge in [-0.2, -0.15) is 0 Å². The van der Waals surface area contributed by atoms with E-state index in [-0.39, 0.29) is 5.41 Å². The van der Waals surface area contributed by atoms with Gasteiger partial charge in [-0.3, -0.25) is 0 Å². The lowest BCUT2D eigenvalue weighted by Gasteiger charge is -2.28. The fraction of sp³-hybridized carbons (Fsp3) is 0.0545. The van der Waals surface area contributed by atoms with Crippen LogP contribution in [-0.4, -0.2) is 0 Å². The molecule has 0 fully saturated rings. The second-order valence-corrected chi connectivity index (χ2v) is 15.7. The molecule has 2 heteroatoms. The Balaban J connectivity index is 1.05. The van der Waals surface area contributed by atoms with Crippen molar-refractivity contribution in [3.63, 3.8) is 0 Å². The molecule has 0 saturated heterocycles. The van der Waals surface area contributed by atoms with Crippen molar-refractivity contribution in [3.05, 3.63) is 211 Å². The molecule has 0 saturated carbocycles. The molecule has 2 aliphatic rings. The summed E-state index contributed by atoms with van der Waals surface area (Å²) in [6, 6.07) is 72.5. The Morgan fingerprint density at radius 2 is 0.895 bits per heavy atom. The molecule has 0 aromatic heterocycles. The number of para-hydroxylation sites is 1. The Hall–Kier alpha value is -7.16. The van der Waals surface area contributed by atoms with Crippen molar-refractivity contribution in [1.29, 1.82) is 0 Å². The lowest BCUT2D eigenvalue weighted by molar-refractivity contribution is 0.488. The van der Waals surface area contributed by atoms with Crippen molar-refractivity contribution in [2.45, 2.75) is 19.3 Å². The summed E-state index contributed by atoms with van der Waals surface area (Å²) >= 11 is 0. The highest BCUT2D eigenvalue weighted by atomic mass is 16.5. The van der Waals surface area contributed by atoms with E-state index in [2.05, 4.69) is 219 Å². The van der Waals surface area contributed by atoms with Crippen molar-refractivity contribution in [1.82, 2.24) is 0 Å². The fourth-order valence-corrected chi connectivity index (χ4v) is 9.28. The van der Waals surface area contributed by atoms with Crippen LogP contribution in [0.25, 0.3) is 66.4 Å². The molecular weight excluding hydrogens is 691 g/mol. The zero-order chi connectivity index (χ0) is 38.1. The standard InChI is InChI=1S/C55H39NO/c1-55(2)50-22-12-10-18-44(50)45-33-32-41(34-51(45)55)56(39-28-24-37(25-29-39)36-14-4-3-5-15-36)40-30-26-38(27-31-40)49-35-53-54(48-21-9-7-17-43(48)49)47-20-8-6-16-42(47)46-19-11-13-23-52(46)57-53/h3-35H,1-2H3. The van der Waals surface area contributed by atoms with Crippen LogP contribution >= 0.6 is 0 Å². The number of nitrogens with zero attached hydrogens (tertiary/aromatic N) is 1. The minimum absolute atomic E-state index is 0.107. The molecule has 0 N–H and O–H groups in total. The maximum Gasteiger partial charge on any atom is 0.136 e. The maximum atomic E-state index is 6.84. The third-order valence-corrected chi connectivity index (χ3v) is 12.1. The van der Waals surface area contributed by atoms with E-state index < -0.39 is 0 Å². The molecule has 11 rings (SSSR count). The van der Waals surface area contributed by atoms with Crippen molar-refractivity contribution >= 4 is 27.8 Å². The number of anilines is 3. The molecule has 1 aliphatic heterocycles. The van der Waals surface area contributed by atoms with Crippen LogP contribution in [0.2, 0.25) is 0 Å². The first-order chi connectivity index (χ1) is 28.0. The van der Waals surface area contributed by atoms with Gasteiger partial charge in [0.1, 0.15) is 11.5 Å². The van der Waals surface area contributed by atoms with Crippen LogP contribution < -0.4 is 9.64 Å². The fourth-order valence-electron chi connectivity index (χ4n) is 9.28. The molecule has 0 radical (unpaired) electrons. The van der Waals surface area contributed by atoms with Crippen LogP contribution in [-0.2, 0) is 5.41 Å². The number of ether oxygens (including phenoxy) is 1. The molecule has 57 heavy (non-hydrogen) atoms. The summed E-state index contributed by atoms with van der Waals surface area (Å²) in [5.41, 5.74) is 17.9. The largest absolute Gasteiger partial charge is 0.456 e. The van der Waals surface area contributed by atoms with E-state index in [0.29, 0.717) is 0 Å². The molecule has 9 aromatic carbocycles. The van der Waals surface area contributed by atoms with Crippen molar-refractivity contribution in [2.24, 2.45) is 0 Å². The van der Waals surface area contributed by atoms with E-state index in [1.807, 2.05) is 0 Å². The monoisotopic (exact) mass is 729 g/mol. The average Bonchev–Trinajstić information content (AvgIpc) is 3.39. The number of hydrogen-bond donors (Lipinski definition) is 0. The molecular formula is C55H39NO. The number of benzene rings is 9. The van der Waals surface area contributed by atoms with Crippen LogP contribution in [0.1, 0.15) is 25.0 Å². The van der Waals surface area contributed by atoms with Gasteiger partial charge in [0.2, 0.25) is 0 Å². The van der Waals surface area contributed by atoms with Gasteiger partial charge in [0.25, 0.3) is 0 Å². The summed E-state index contributed by atoms with van der Waals surface area (Å²) in [5.74, 6) is 1.74. The van der Waals surface area contributed by atoms with Crippen LogP contribution in [0, 0.1) is 0 Å². The SMILES string of the molecule is CC1(C)c2ccccc2-c2ccc(N(c3ccc(-c4ccccc4)cc3)c3ccc(-c4cc5c(c6ccccc46)-c4ccccc4-c4ccccc4O5)cc3)cc21. The summed E-state index contributed by atoms with van der Waals surface area (Å²) in [6.07, 6.45) is 0. The molecule has 270 valence electrons. The number of fused-ring (bicyclic) bond motifs is 10. The maximum absolute atomic E-state index is 6.84. The third-order valence-electron chi connectivity index (χ3n) is 12.1. The predicted octanol–water partition coefficient (Wildman–Crippen LogP) is 15.4. The highest BCUT2D eigenvalue weighted by Gasteiger charge is 2.36. The zero-order valence-corrected chi connectivity index (χ0v) is 31.9. The van der Waals surface area contributed by atoms with E-state index in [9.17, 15) is 0 Å². The van der Waals surface area contributed by atoms with E-state index >= 15 is 0 Å². The minimum Gasteiger partial charge on any atom is -0.456 e. The van der Waals surface area contributed by atoms with Crippen molar-refractivity contribution in [2.75, 3.05) is 4.90 Å². The minimum atomic E-state index is -0.107. The van der Waals surface area contributed by atoms with Gasteiger partial charge in [-0.15, -0.1) is 0 Å². The van der Waals surface area contributed by atoms with Gasteiger partial charge in [0.05, 0.1) is 0 Å². The topological polar surface area (TPSA) is 12.5 Å². The number of hydrogen-bond acceptors (Lipinski definition) is 2. The van der Waals surface area contributed by atoms with Crippen LogP contribution in [0.15, 0.2) is 200 Å². The van der Waals surface area contributed by atoms with Crippen LogP contribution in [0.5, 0.6) is 11.5 Å². The molecule has 0 bridgehead atoms. The van der Waals surface area contributed by atoms with E-state index in [1.54, 1.807) is 0 Å². The van der Waals surface area contributed by atoms with Gasteiger partial charge in [-0.25, -0.2) is 0 Å². The second-order valence-electron chi connectivity index (χ2n) is 15.7. The highest BCUT2D eigenvalue weighted by molar-refractivity contribution is 6.10. The second kappa shape index (κ2) is 13.0. The van der Waals surface area contributed by atoms with E-state index in [0.717, 1.165) is 50.8 Å². The summed E-state index contributed by atoms with van der Waals surface area (Å²) in [4.78, 5) is 2.39. The quantitative estimate of drug-likeness (QED) is 0.175. The highest BCUT2D eigenvalue weighted by Crippen LogP contribution is 2.53. The Bertz CT molecular complexity index is 3000. The van der Waals surface area contributed by atoms with Crippen molar-refractivity contribution < 1.29 is 4.74 Å². The predicted molar refractivity (Wildman–Crippen MR) is 238 cm³/mol. The van der Waals surface area contributed by atoms with Crippen molar-refractivity contribution in [3.8, 4) is 67.1 Å². The Morgan fingerprint density at radius 3 is 1.65 bits per heavy atom. The van der Waals surface area contributed by atoms with Gasteiger partial charge >= 0.3 is 0 Å². The molecule has 1 heterocycles. The lowest BCUT2D eigenvalue weighted by Crippen LogP contribution is -2.16. The molecule has 0 unspecified atom stereocenters. The molecule has 2 nitrogen and oxygen atoms in total. The van der Waals surface area contributed by atoms with Gasteiger partial charge < -0.3 is 9.64 Å². The first kappa shape index (κ1) is 33.2. The lowest BCUT2D eigenvalue weighted by atomic mass is 9.82. The molecule has 1 aliphatic carbocycles. The third kappa shape index (κ3) is 5.33. The smallest absolute Gasteiger partial charge is 0.136 e. The van der Waals surface area contributed by atoms with Gasteiger partial charge in [0.15, 0.2) is 0 Å². The van der Waals surface area contributed by atoms with Gasteiger partial charge in [0, 0.05) is 33.6 Å². The zero-order valence-electron chi connectivity index (χ0n) is 31.9. The van der Waals surface area contributed by atoms with E-state index in [4.69, 9.17) is 4.74 Å². The Labute approximate surface area is 333 Å². The van der Waals surface area contributed by atoms with E-state index in [1.165, 1.54) is 55.3 Å². The number of rotatable bonds is 5. The summed E-state index contributed by atoms with van der Waals surface area (Å²) in [7, 11) is 0. The molecule has 9 aromatic rings. The van der Waals surface area contributed by atoms with Gasteiger partial charge in [-0.05, 0) is 115 Å². The van der Waals surface area contributed by atoms with Crippen LogP contribution in [0.4, 0.5) is 17.1 Å². The Morgan fingerprint density at radius 1 is 0.351 bits per heavy atom. The summed E-state index contributed by atoms with van der Waals surface area (Å²) < 4.78 is 6.84. The molecule has 0 spiro atoms. The average molecular weight is 730 g/mol. The van der Waals surface area contributed by atoms with Crippen LogP contribution in [0.3, 0.4) is 0 Å². The summed E-state index contributed by atoms with van der Waals surface area (Å²) in [5, 5.41) is 2.37. The van der Waals surface area contributed by atoms with Gasteiger partial charge in [-0.1, -0.05) is 166 Å². The summed E-state index contributed by atoms with van der Waals surface area (Å²) in [6.45, 7) is 4.70. The Kier molecular flexibility index (Phi) is 7.55. The molecule has 0 atom stereocenters. The normalized spacial score (nSPS) is 13.0.